The van der Waals surface area contributed by atoms with Crippen molar-refractivity contribution in [2.75, 3.05) is 6.54 Å². The number of rotatable bonds is 2. The Morgan fingerprint density at radius 3 is 2.79 bits per heavy atom. The zero-order valence-corrected chi connectivity index (χ0v) is 9.22. The molecule has 1 unspecified atom stereocenters. The van der Waals surface area contributed by atoms with Gasteiger partial charge in [0.25, 0.3) is 0 Å². The first-order chi connectivity index (χ1) is 6.70. The van der Waals surface area contributed by atoms with E-state index in [1.807, 2.05) is 0 Å². The van der Waals surface area contributed by atoms with E-state index in [9.17, 15) is 0 Å². The Morgan fingerprint density at radius 2 is 2.21 bits per heavy atom. The highest BCUT2D eigenvalue weighted by atomic mass is 15.1. The molecule has 0 spiro atoms. The van der Waals surface area contributed by atoms with Crippen molar-refractivity contribution in [3.05, 3.63) is 17.0 Å². The van der Waals surface area contributed by atoms with Crippen LogP contribution in [0.2, 0.25) is 0 Å². The van der Waals surface area contributed by atoms with Gasteiger partial charge in [-0.15, -0.1) is 0 Å². The molecular formula is C11H19N3. The van der Waals surface area contributed by atoms with Crippen molar-refractivity contribution < 1.29 is 0 Å². The normalized spacial score (nSPS) is 22.1. The van der Waals surface area contributed by atoms with Crippen molar-refractivity contribution in [2.45, 2.75) is 45.6 Å². The van der Waals surface area contributed by atoms with E-state index >= 15 is 0 Å². The van der Waals surface area contributed by atoms with Crippen molar-refractivity contribution >= 4 is 0 Å². The van der Waals surface area contributed by atoms with Gasteiger partial charge in [0.1, 0.15) is 0 Å². The van der Waals surface area contributed by atoms with Crippen LogP contribution in [0.1, 0.15) is 55.6 Å². The molecule has 2 heterocycles. The van der Waals surface area contributed by atoms with Gasteiger partial charge >= 0.3 is 0 Å². The predicted octanol–water partition coefficient (Wildman–Crippen LogP) is 2.27. The summed E-state index contributed by atoms with van der Waals surface area (Å²) in [5.41, 5.74) is 3.88. The highest BCUT2D eigenvalue weighted by Gasteiger charge is 2.24. The average Bonchev–Trinajstić information content (AvgIpc) is 2.70. The topological polar surface area (TPSA) is 40.7 Å². The van der Waals surface area contributed by atoms with E-state index in [-0.39, 0.29) is 0 Å². The summed E-state index contributed by atoms with van der Waals surface area (Å²) in [5.74, 6) is 0.561. The second kappa shape index (κ2) is 3.73. The number of nitrogens with one attached hydrogen (secondary N) is 2. The van der Waals surface area contributed by atoms with Crippen molar-refractivity contribution in [3.8, 4) is 0 Å². The van der Waals surface area contributed by atoms with E-state index in [0.29, 0.717) is 12.0 Å². The van der Waals surface area contributed by atoms with Gasteiger partial charge < -0.3 is 5.32 Å². The molecule has 14 heavy (non-hydrogen) atoms. The maximum Gasteiger partial charge on any atom is 0.0828 e. The highest BCUT2D eigenvalue weighted by molar-refractivity contribution is 5.30. The molecule has 0 saturated carbocycles. The molecule has 0 aromatic carbocycles. The molecule has 0 radical (unpaired) electrons. The first kappa shape index (κ1) is 9.71. The van der Waals surface area contributed by atoms with Crippen LogP contribution < -0.4 is 5.32 Å². The summed E-state index contributed by atoms with van der Waals surface area (Å²) in [6.07, 6.45) is 2.50. The molecule has 0 bridgehead atoms. The van der Waals surface area contributed by atoms with E-state index in [2.05, 4.69) is 36.3 Å². The lowest BCUT2D eigenvalue weighted by molar-refractivity contribution is 0.613. The third kappa shape index (κ3) is 1.57. The van der Waals surface area contributed by atoms with Gasteiger partial charge in [-0.05, 0) is 32.2 Å². The molecule has 1 aromatic rings. The van der Waals surface area contributed by atoms with Gasteiger partial charge in [0.2, 0.25) is 0 Å². The lowest BCUT2D eigenvalue weighted by Crippen LogP contribution is -2.15. The third-order valence-electron chi connectivity index (χ3n) is 2.99. The Kier molecular flexibility index (Phi) is 2.59. The zero-order chi connectivity index (χ0) is 10.1. The standard InChI is InChI=1S/C11H19N3/c1-7(2)10-8(3)13-14-11(10)9-5-4-6-12-9/h7,9,12H,4-6H2,1-3H3,(H,13,14). The summed E-state index contributed by atoms with van der Waals surface area (Å²) in [6.45, 7) is 7.71. The SMILES string of the molecule is Cc1[nH]nc(C2CCCN2)c1C(C)C. The van der Waals surface area contributed by atoms with E-state index < -0.39 is 0 Å². The van der Waals surface area contributed by atoms with Crippen LogP contribution in [-0.4, -0.2) is 16.7 Å². The smallest absolute Gasteiger partial charge is 0.0828 e. The fourth-order valence-electron chi connectivity index (χ4n) is 2.37. The lowest BCUT2D eigenvalue weighted by Gasteiger charge is -2.12. The van der Waals surface area contributed by atoms with Crippen LogP contribution in [0.4, 0.5) is 0 Å². The molecule has 1 atom stereocenters. The van der Waals surface area contributed by atoms with E-state index in [1.165, 1.54) is 29.8 Å². The van der Waals surface area contributed by atoms with E-state index in [1.54, 1.807) is 0 Å². The summed E-state index contributed by atoms with van der Waals surface area (Å²) in [4.78, 5) is 0. The monoisotopic (exact) mass is 193 g/mol. The van der Waals surface area contributed by atoms with Crippen molar-refractivity contribution in [3.63, 3.8) is 0 Å². The predicted molar refractivity (Wildman–Crippen MR) is 57.4 cm³/mol. The van der Waals surface area contributed by atoms with Gasteiger partial charge in [-0.3, -0.25) is 5.10 Å². The number of aryl methyl sites for hydroxylation is 1. The highest BCUT2D eigenvalue weighted by Crippen LogP contribution is 2.30. The average molecular weight is 193 g/mol. The molecule has 1 saturated heterocycles. The summed E-state index contributed by atoms with van der Waals surface area (Å²) in [6, 6.07) is 0.484. The molecule has 2 N–H and O–H groups in total. The second-order valence-corrected chi connectivity index (χ2v) is 4.45. The summed E-state index contributed by atoms with van der Waals surface area (Å²) < 4.78 is 0. The van der Waals surface area contributed by atoms with Crippen LogP contribution in [0.25, 0.3) is 0 Å². The molecule has 3 nitrogen and oxygen atoms in total. The Hall–Kier alpha value is -0.830. The molecular weight excluding hydrogens is 174 g/mol. The van der Waals surface area contributed by atoms with Gasteiger partial charge in [-0.1, -0.05) is 13.8 Å². The second-order valence-electron chi connectivity index (χ2n) is 4.45. The Labute approximate surface area is 85.3 Å². The van der Waals surface area contributed by atoms with Crippen molar-refractivity contribution in [1.82, 2.24) is 15.5 Å². The minimum Gasteiger partial charge on any atom is -0.309 e. The maximum atomic E-state index is 4.43. The van der Waals surface area contributed by atoms with Crippen LogP contribution >= 0.6 is 0 Å². The Bertz CT molecular complexity index is 308. The summed E-state index contributed by atoms with van der Waals surface area (Å²) >= 11 is 0. The first-order valence-electron chi connectivity index (χ1n) is 5.48. The molecule has 0 aliphatic carbocycles. The lowest BCUT2D eigenvalue weighted by atomic mass is 9.97. The quantitative estimate of drug-likeness (QED) is 0.756. The minimum absolute atomic E-state index is 0.484. The molecule has 0 amide bonds. The Morgan fingerprint density at radius 1 is 1.43 bits per heavy atom. The molecule has 1 aromatic heterocycles. The number of hydrogen-bond donors (Lipinski definition) is 2. The Balaban J connectivity index is 2.32. The van der Waals surface area contributed by atoms with Crippen LogP contribution in [0.15, 0.2) is 0 Å². The van der Waals surface area contributed by atoms with Gasteiger partial charge in [0.15, 0.2) is 0 Å². The van der Waals surface area contributed by atoms with Crippen LogP contribution in [0.5, 0.6) is 0 Å². The van der Waals surface area contributed by atoms with Gasteiger partial charge in [0.05, 0.1) is 11.7 Å². The van der Waals surface area contributed by atoms with E-state index in [4.69, 9.17) is 0 Å². The van der Waals surface area contributed by atoms with Gasteiger partial charge in [0, 0.05) is 11.3 Å². The molecule has 2 rings (SSSR count). The molecule has 3 heteroatoms. The number of nitrogens with zero attached hydrogens (tertiary/aromatic N) is 1. The number of H-pyrrole nitrogens is 1. The van der Waals surface area contributed by atoms with Crippen LogP contribution in [-0.2, 0) is 0 Å². The summed E-state index contributed by atoms with van der Waals surface area (Å²) in [5, 5.41) is 11.0. The fraction of sp³-hybridized carbons (Fsp3) is 0.727. The minimum atomic E-state index is 0.484. The fourth-order valence-corrected chi connectivity index (χ4v) is 2.37. The maximum absolute atomic E-state index is 4.43. The van der Waals surface area contributed by atoms with Crippen LogP contribution in [0.3, 0.4) is 0 Å². The molecule has 1 aliphatic rings. The molecule has 1 fully saturated rings. The van der Waals surface area contributed by atoms with Crippen molar-refractivity contribution in [1.29, 1.82) is 0 Å². The summed E-state index contributed by atoms with van der Waals surface area (Å²) in [7, 11) is 0. The zero-order valence-electron chi connectivity index (χ0n) is 9.22. The first-order valence-corrected chi connectivity index (χ1v) is 5.48. The van der Waals surface area contributed by atoms with Gasteiger partial charge in [-0.2, -0.15) is 5.10 Å². The number of hydrogen-bond acceptors (Lipinski definition) is 2. The van der Waals surface area contributed by atoms with Crippen LogP contribution in [0, 0.1) is 6.92 Å². The van der Waals surface area contributed by atoms with E-state index in [0.717, 1.165) is 6.54 Å². The molecule has 78 valence electrons. The largest absolute Gasteiger partial charge is 0.309 e. The van der Waals surface area contributed by atoms with Gasteiger partial charge in [-0.25, -0.2) is 0 Å². The number of aromatic nitrogens is 2. The number of aromatic amines is 1. The third-order valence-corrected chi connectivity index (χ3v) is 2.99. The molecule has 1 aliphatic heterocycles. The van der Waals surface area contributed by atoms with Crippen molar-refractivity contribution in [2.24, 2.45) is 0 Å².